The minimum atomic E-state index is 0.0147. The van der Waals surface area contributed by atoms with Crippen LogP contribution in [0.3, 0.4) is 0 Å². The molecule has 1 aromatic carbocycles. The van der Waals surface area contributed by atoms with Crippen LogP contribution in [0.25, 0.3) is 10.2 Å². The van der Waals surface area contributed by atoms with E-state index in [0.717, 1.165) is 38.4 Å². The van der Waals surface area contributed by atoms with Gasteiger partial charge in [0.1, 0.15) is 0 Å². The van der Waals surface area contributed by atoms with Crippen LogP contribution in [0.2, 0.25) is 5.02 Å². The maximum absolute atomic E-state index is 11.8. The van der Waals surface area contributed by atoms with Gasteiger partial charge in [-0.2, -0.15) is 4.99 Å². The van der Waals surface area contributed by atoms with Crippen molar-refractivity contribution in [2.75, 3.05) is 0 Å². The second-order valence-electron chi connectivity index (χ2n) is 4.74. The second kappa shape index (κ2) is 4.21. The minimum Gasteiger partial charge on any atom is -0.319 e. The van der Waals surface area contributed by atoms with E-state index in [2.05, 4.69) is 4.99 Å². The zero-order valence-corrected chi connectivity index (χ0v) is 11.8. The van der Waals surface area contributed by atoms with Gasteiger partial charge in [0, 0.05) is 18.0 Å². The SMILES string of the molecule is Cc1cc(Cl)cc2sc(=NC(=O)C3CC3)n(C)c12. The maximum Gasteiger partial charge on any atom is 0.251 e. The van der Waals surface area contributed by atoms with E-state index in [9.17, 15) is 4.79 Å². The lowest BCUT2D eigenvalue weighted by molar-refractivity contribution is -0.119. The lowest BCUT2D eigenvalue weighted by Crippen LogP contribution is -2.14. The van der Waals surface area contributed by atoms with Crippen LogP contribution in [0, 0.1) is 12.8 Å². The highest BCUT2D eigenvalue weighted by Crippen LogP contribution is 2.30. The van der Waals surface area contributed by atoms with Crippen LogP contribution in [0.4, 0.5) is 0 Å². The number of hydrogen-bond acceptors (Lipinski definition) is 2. The molecule has 0 radical (unpaired) electrons. The normalized spacial score (nSPS) is 16.5. The quantitative estimate of drug-likeness (QED) is 0.791. The van der Waals surface area contributed by atoms with Crippen LogP contribution in [-0.2, 0) is 11.8 Å². The third-order valence-electron chi connectivity index (χ3n) is 3.19. The standard InChI is InChI=1S/C13H13ClN2OS/c1-7-5-9(14)6-10-11(7)16(2)13(18-10)15-12(17)8-3-4-8/h5-6,8H,3-4H2,1-2H3. The first-order valence-corrected chi connectivity index (χ1v) is 7.10. The lowest BCUT2D eigenvalue weighted by atomic mass is 10.2. The molecule has 2 aromatic rings. The van der Waals surface area contributed by atoms with Crippen molar-refractivity contribution in [3.8, 4) is 0 Å². The summed E-state index contributed by atoms with van der Waals surface area (Å²) in [6, 6.07) is 3.86. The van der Waals surface area contributed by atoms with Crippen molar-refractivity contribution in [2.45, 2.75) is 19.8 Å². The number of carbonyl (C=O) groups is 1. The number of thiazole rings is 1. The Bertz CT molecular complexity index is 710. The number of benzene rings is 1. The fraction of sp³-hybridized carbons (Fsp3) is 0.385. The summed E-state index contributed by atoms with van der Waals surface area (Å²) in [6.45, 7) is 2.02. The van der Waals surface area contributed by atoms with Gasteiger partial charge in [0.25, 0.3) is 5.91 Å². The molecule has 1 aliphatic rings. The molecule has 18 heavy (non-hydrogen) atoms. The summed E-state index contributed by atoms with van der Waals surface area (Å²) in [7, 11) is 1.94. The van der Waals surface area contributed by atoms with E-state index in [1.54, 1.807) is 0 Å². The third-order valence-corrected chi connectivity index (χ3v) is 4.48. The molecule has 1 fully saturated rings. The van der Waals surface area contributed by atoms with E-state index in [1.165, 1.54) is 11.3 Å². The minimum absolute atomic E-state index is 0.0147. The predicted octanol–water partition coefficient (Wildman–Crippen LogP) is 3.04. The molecule has 0 saturated heterocycles. The molecule has 0 aliphatic heterocycles. The number of fused-ring (bicyclic) bond motifs is 1. The van der Waals surface area contributed by atoms with Crippen LogP contribution in [-0.4, -0.2) is 10.5 Å². The van der Waals surface area contributed by atoms with Crippen molar-refractivity contribution in [1.29, 1.82) is 0 Å². The van der Waals surface area contributed by atoms with Gasteiger partial charge in [0.15, 0.2) is 4.80 Å². The van der Waals surface area contributed by atoms with Gasteiger partial charge in [0.2, 0.25) is 0 Å². The van der Waals surface area contributed by atoms with Gasteiger partial charge in [-0.15, -0.1) is 0 Å². The third kappa shape index (κ3) is 1.99. The van der Waals surface area contributed by atoms with E-state index in [1.807, 2.05) is 30.7 Å². The van der Waals surface area contributed by atoms with Crippen molar-refractivity contribution >= 4 is 39.1 Å². The van der Waals surface area contributed by atoms with Gasteiger partial charge in [-0.1, -0.05) is 22.9 Å². The molecular formula is C13H13ClN2OS. The van der Waals surface area contributed by atoms with Crippen molar-refractivity contribution < 1.29 is 4.79 Å². The predicted molar refractivity (Wildman–Crippen MR) is 73.8 cm³/mol. The summed E-state index contributed by atoms with van der Waals surface area (Å²) >= 11 is 7.57. The van der Waals surface area contributed by atoms with Gasteiger partial charge in [-0.05, 0) is 37.5 Å². The number of amides is 1. The molecule has 1 heterocycles. The second-order valence-corrected chi connectivity index (χ2v) is 6.18. The highest BCUT2D eigenvalue weighted by Gasteiger charge is 2.29. The van der Waals surface area contributed by atoms with Crippen molar-refractivity contribution in [1.82, 2.24) is 4.57 Å². The van der Waals surface area contributed by atoms with Crippen LogP contribution < -0.4 is 4.80 Å². The van der Waals surface area contributed by atoms with E-state index in [-0.39, 0.29) is 11.8 Å². The van der Waals surface area contributed by atoms with Gasteiger partial charge >= 0.3 is 0 Å². The molecule has 94 valence electrons. The molecule has 1 amide bonds. The number of nitrogens with zero attached hydrogens (tertiary/aromatic N) is 2. The fourth-order valence-electron chi connectivity index (χ4n) is 2.09. The molecule has 3 nitrogen and oxygen atoms in total. The Balaban J connectivity index is 2.22. The molecule has 0 N–H and O–H groups in total. The molecule has 0 atom stereocenters. The first-order valence-electron chi connectivity index (χ1n) is 5.90. The fourth-order valence-corrected chi connectivity index (χ4v) is 3.57. The molecule has 1 aliphatic carbocycles. The molecule has 3 rings (SSSR count). The van der Waals surface area contributed by atoms with Crippen molar-refractivity contribution in [3.63, 3.8) is 0 Å². The van der Waals surface area contributed by atoms with E-state index < -0.39 is 0 Å². The monoisotopic (exact) mass is 280 g/mol. The molecule has 1 aromatic heterocycles. The maximum atomic E-state index is 11.8. The average Bonchev–Trinajstić information content (AvgIpc) is 3.06. The zero-order chi connectivity index (χ0) is 12.9. The summed E-state index contributed by atoms with van der Waals surface area (Å²) < 4.78 is 3.05. The number of carbonyl (C=O) groups excluding carboxylic acids is 1. The van der Waals surface area contributed by atoms with Crippen molar-refractivity contribution in [3.05, 3.63) is 27.5 Å². The number of halogens is 1. The van der Waals surface area contributed by atoms with Gasteiger partial charge < -0.3 is 4.57 Å². The Kier molecular flexibility index (Phi) is 2.79. The summed E-state index contributed by atoms with van der Waals surface area (Å²) in [4.78, 5) is 16.7. The summed E-state index contributed by atoms with van der Waals surface area (Å²) in [5.41, 5.74) is 2.21. The topological polar surface area (TPSA) is 34.4 Å². The molecule has 0 bridgehead atoms. The average molecular weight is 281 g/mol. The molecular weight excluding hydrogens is 268 g/mol. The number of aromatic nitrogens is 1. The van der Waals surface area contributed by atoms with Crippen LogP contribution in [0.5, 0.6) is 0 Å². The summed E-state index contributed by atoms with van der Waals surface area (Å²) in [5, 5.41) is 0.724. The largest absolute Gasteiger partial charge is 0.319 e. The Labute approximate surface area is 114 Å². The van der Waals surface area contributed by atoms with Crippen LogP contribution in [0.15, 0.2) is 17.1 Å². The van der Waals surface area contributed by atoms with Crippen molar-refractivity contribution in [2.24, 2.45) is 18.0 Å². The Morgan fingerprint density at radius 2 is 2.22 bits per heavy atom. The summed E-state index contributed by atoms with van der Waals surface area (Å²) in [6.07, 6.45) is 1.98. The Morgan fingerprint density at radius 3 is 2.89 bits per heavy atom. The first-order chi connectivity index (χ1) is 8.56. The van der Waals surface area contributed by atoms with Crippen LogP contribution >= 0.6 is 22.9 Å². The number of hydrogen-bond donors (Lipinski definition) is 0. The molecule has 0 unspecified atom stereocenters. The number of aryl methyl sites for hydroxylation is 2. The van der Waals surface area contributed by atoms with Gasteiger partial charge in [-0.25, -0.2) is 0 Å². The first kappa shape index (κ1) is 11.9. The van der Waals surface area contributed by atoms with E-state index in [4.69, 9.17) is 11.6 Å². The smallest absolute Gasteiger partial charge is 0.251 e. The number of rotatable bonds is 1. The molecule has 1 saturated carbocycles. The highest BCUT2D eigenvalue weighted by atomic mass is 35.5. The Morgan fingerprint density at radius 1 is 1.50 bits per heavy atom. The Hall–Kier alpha value is -1.13. The van der Waals surface area contributed by atoms with Gasteiger partial charge in [-0.3, -0.25) is 4.79 Å². The van der Waals surface area contributed by atoms with E-state index in [0.29, 0.717) is 0 Å². The molecule has 5 heteroatoms. The van der Waals surface area contributed by atoms with E-state index >= 15 is 0 Å². The van der Waals surface area contributed by atoms with Crippen LogP contribution in [0.1, 0.15) is 18.4 Å². The lowest BCUT2D eigenvalue weighted by Gasteiger charge is -2.00. The highest BCUT2D eigenvalue weighted by molar-refractivity contribution is 7.16. The summed E-state index contributed by atoms with van der Waals surface area (Å²) in [5.74, 6) is 0.181. The zero-order valence-electron chi connectivity index (χ0n) is 10.2. The molecule has 0 spiro atoms. The van der Waals surface area contributed by atoms with Gasteiger partial charge in [0.05, 0.1) is 10.2 Å².